The fourth-order valence-electron chi connectivity index (χ4n) is 4.74. The minimum absolute atomic E-state index is 0.00426. The van der Waals surface area contributed by atoms with E-state index in [9.17, 15) is 9.59 Å². The highest BCUT2D eigenvalue weighted by Gasteiger charge is 2.44. The van der Waals surface area contributed by atoms with Crippen LogP contribution in [0.15, 0.2) is 36.5 Å². The van der Waals surface area contributed by atoms with E-state index in [1.165, 1.54) is 12.5 Å². The molecule has 0 saturated carbocycles. The third kappa shape index (κ3) is 4.51. The molecule has 166 valence electrons. The number of nitrogens with zero attached hydrogens (tertiary/aromatic N) is 3. The molecule has 31 heavy (non-hydrogen) atoms. The normalized spacial score (nSPS) is 18.6. The number of likely N-dealkylation sites (tertiary alicyclic amines) is 1. The first-order chi connectivity index (χ1) is 14.9. The monoisotopic (exact) mass is 424 g/mol. The largest absolute Gasteiger partial charge is 0.368 e. The first-order valence-corrected chi connectivity index (χ1v) is 11.2. The van der Waals surface area contributed by atoms with Crippen LogP contribution in [0.4, 0.5) is 0 Å². The van der Waals surface area contributed by atoms with E-state index >= 15 is 0 Å². The Labute approximate surface area is 183 Å². The van der Waals surface area contributed by atoms with Crippen LogP contribution in [-0.4, -0.2) is 52.2 Å². The highest BCUT2D eigenvalue weighted by molar-refractivity contribution is 5.87. The number of amides is 2. The first-order valence-electron chi connectivity index (χ1n) is 11.2. The van der Waals surface area contributed by atoms with E-state index in [1.807, 2.05) is 39.9 Å². The van der Waals surface area contributed by atoms with Gasteiger partial charge in [0.2, 0.25) is 11.8 Å². The summed E-state index contributed by atoms with van der Waals surface area (Å²) in [5.74, 6) is 0.159. The quantitative estimate of drug-likeness (QED) is 0.801. The third-order valence-corrected chi connectivity index (χ3v) is 6.26. The van der Waals surface area contributed by atoms with Gasteiger partial charge in [0.15, 0.2) is 0 Å². The standard InChI is InChI=1S/C24H32N4O3/c1-17(2)15-21(25-18(3)29)23(30)27-12-10-24(11-13-27)22-19(9-14-31-24)16-28(26-22)20-7-5-4-6-8-20/h4-8,16-17,21H,9-15H2,1-3H3,(H,25,29)/t21-/m0/s1. The summed E-state index contributed by atoms with van der Waals surface area (Å²) < 4.78 is 8.25. The molecule has 1 spiro atoms. The summed E-state index contributed by atoms with van der Waals surface area (Å²) in [5.41, 5.74) is 2.83. The van der Waals surface area contributed by atoms with Gasteiger partial charge in [-0.2, -0.15) is 5.10 Å². The highest BCUT2D eigenvalue weighted by atomic mass is 16.5. The Balaban J connectivity index is 1.50. The van der Waals surface area contributed by atoms with Gasteiger partial charge in [-0.15, -0.1) is 0 Å². The maximum absolute atomic E-state index is 13.1. The van der Waals surface area contributed by atoms with Crippen molar-refractivity contribution in [3.63, 3.8) is 0 Å². The Hall–Kier alpha value is -2.67. The molecule has 0 bridgehead atoms. The van der Waals surface area contributed by atoms with Crippen molar-refractivity contribution in [2.45, 2.75) is 58.1 Å². The van der Waals surface area contributed by atoms with Crippen LogP contribution in [0.25, 0.3) is 5.69 Å². The number of hydrogen-bond donors (Lipinski definition) is 1. The van der Waals surface area contributed by atoms with E-state index in [2.05, 4.69) is 25.4 Å². The molecule has 0 aliphatic carbocycles. The molecular formula is C24H32N4O3. The van der Waals surface area contributed by atoms with E-state index in [4.69, 9.17) is 9.84 Å². The van der Waals surface area contributed by atoms with Gasteiger partial charge in [-0.3, -0.25) is 9.59 Å². The molecule has 1 saturated heterocycles. The van der Waals surface area contributed by atoms with Crippen molar-refractivity contribution >= 4 is 11.8 Å². The van der Waals surface area contributed by atoms with Crippen LogP contribution in [-0.2, 0) is 26.3 Å². The molecule has 2 aromatic rings. The van der Waals surface area contributed by atoms with Gasteiger partial charge in [-0.05, 0) is 49.3 Å². The summed E-state index contributed by atoms with van der Waals surface area (Å²) in [6.07, 6.45) is 5.04. The average Bonchev–Trinajstić information content (AvgIpc) is 3.20. The van der Waals surface area contributed by atoms with Crippen LogP contribution in [0.5, 0.6) is 0 Å². The molecule has 7 nitrogen and oxygen atoms in total. The summed E-state index contributed by atoms with van der Waals surface area (Å²) in [6, 6.07) is 9.64. The zero-order valence-corrected chi connectivity index (χ0v) is 18.6. The van der Waals surface area contributed by atoms with Gasteiger partial charge in [-0.25, -0.2) is 4.68 Å². The molecule has 1 atom stereocenters. The highest BCUT2D eigenvalue weighted by Crippen LogP contribution is 2.41. The SMILES string of the molecule is CC(=O)N[C@@H](CC(C)C)C(=O)N1CCC2(CC1)OCCc1cn(-c3ccccc3)nc12. The Morgan fingerprint density at radius 2 is 1.90 bits per heavy atom. The fraction of sp³-hybridized carbons (Fsp3) is 0.542. The van der Waals surface area contributed by atoms with Gasteiger partial charge in [0, 0.05) is 26.2 Å². The van der Waals surface area contributed by atoms with Crippen molar-refractivity contribution in [3.8, 4) is 5.69 Å². The zero-order chi connectivity index (χ0) is 22.0. The summed E-state index contributed by atoms with van der Waals surface area (Å²) in [4.78, 5) is 26.6. The molecule has 1 aromatic carbocycles. The Morgan fingerprint density at radius 3 is 2.55 bits per heavy atom. The molecule has 0 radical (unpaired) electrons. The molecule has 1 aromatic heterocycles. The molecule has 2 amide bonds. The molecule has 7 heteroatoms. The number of fused-ring (bicyclic) bond motifs is 2. The number of rotatable bonds is 5. The van der Waals surface area contributed by atoms with Gasteiger partial charge < -0.3 is 15.0 Å². The Bertz CT molecular complexity index is 930. The molecule has 3 heterocycles. The van der Waals surface area contributed by atoms with Crippen molar-refractivity contribution in [2.24, 2.45) is 5.92 Å². The lowest BCUT2D eigenvalue weighted by Crippen LogP contribution is -2.54. The number of ether oxygens (including phenoxy) is 1. The first kappa shape index (κ1) is 21.6. The predicted molar refractivity (Wildman–Crippen MR) is 118 cm³/mol. The van der Waals surface area contributed by atoms with Crippen LogP contribution < -0.4 is 5.32 Å². The van der Waals surface area contributed by atoms with E-state index in [0.717, 1.165) is 17.8 Å². The average molecular weight is 425 g/mol. The molecule has 2 aliphatic rings. The second kappa shape index (κ2) is 8.83. The number of carbonyl (C=O) groups is 2. The summed E-state index contributed by atoms with van der Waals surface area (Å²) in [7, 11) is 0. The van der Waals surface area contributed by atoms with Crippen LogP contribution in [0.2, 0.25) is 0 Å². The van der Waals surface area contributed by atoms with Crippen molar-refractivity contribution in [3.05, 3.63) is 47.8 Å². The van der Waals surface area contributed by atoms with Crippen LogP contribution in [0.1, 0.15) is 51.3 Å². The second-order valence-electron chi connectivity index (χ2n) is 9.08. The van der Waals surface area contributed by atoms with Gasteiger partial charge in [0.1, 0.15) is 11.6 Å². The predicted octanol–water partition coefficient (Wildman–Crippen LogP) is 2.81. The molecule has 4 rings (SSSR count). The van der Waals surface area contributed by atoms with Crippen molar-refractivity contribution in [2.75, 3.05) is 19.7 Å². The lowest BCUT2D eigenvalue weighted by atomic mass is 9.83. The van der Waals surface area contributed by atoms with Crippen LogP contribution in [0.3, 0.4) is 0 Å². The molecule has 0 unspecified atom stereocenters. The van der Waals surface area contributed by atoms with Gasteiger partial charge >= 0.3 is 0 Å². The number of para-hydroxylation sites is 1. The van der Waals surface area contributed by atoms with E-state index in [0.29, 0.717) is 44.9 Å². The minimum atomic E-state index is -0.466. The number of hydrogen-bond acceptors (Lipinski definition) is 4. The summed E-state index contributed by atoms with van der Waals surface area (Å²) in [5, 5.41) is 7.75. The number of nitrogens with one attached hydrogen (secondary N) is 1. The number of piperidine rings is 1. The Kier molecular flexibility index (Phi) is 6.14. The molecule has 2 aliphatic heterocycles. The number of carbonyl (C=O) groups excluding carboxylic acids is 2. The van der Waals surface area contributed by atoms with Gasteiger partial charge in [-0.1, -0.05) is 32.0 Å². The van der Waals surface area contributed by atoms with Crippen LogP contribution in [0, 0.1) is 5.92 Å². The van der Waals surface area contributed by atoms with E-state index in [1.54, 1.807) is 0 Å². The smallest absolute Gasteiger partial charge is 0.245 e. The molecule has 1 fully saturated rings. The Morgan fingerprint density at radius 1 is 1.19 bits per heavy atom. The minimum Gasteiger partial charge on any atom is -0.368 e. The fourth-order valence-corrected chi connectivity index (χ4v) is 4.74. The van der Waals surface area contributed by atoms with Crippen LogP contribution >= 0.6 is 0 Å². The lowest BCUT2D eigenvalue weighted by molar-refractivity contribution is -0.145. The molecular weight excluding hydrogens is 392 g/mol. The summed E-state index contributed by atoms with van der Waals surface area (Å²) >= 11 is 0. The van der Waals surface area contributed by atoms with Gasteiger partial charge in [0.05, 0.1) is 18.0 Å². The maximum atomic E-state index is 13.1. The maximum Gasteiger partial charge on any atom is 0.245 e. The van der Waals surface area contributed by atoms with Crippen molar-refractivity contribution in [1.82, 2.24) is 20.0 Å². The second-order valence-corrected chi connectivity index (χ2v) is 9.08. The summed E-state index contributed by atoms with van der Waals surface area (Å²) in [6.45, 7) is 7.46. The van der Waals surface area contributed by atoms with Crippen molar-refractivity contribution in [1.29, 1.82) is 0 Å². The molecule has 1 N–H and O–H groups in total. The third-order valence-electron chi connectivity index (χ3n) is 6.26. The number of aromatic nitrogens is 2. The zero-order valence-electron chi connectivity index (χ0n) is 18.6. The van der Waals surface area contributed by atoms with E-state index < -0.39 is 11.6 Å². The van der Waals surface area contributed by atoms with Gasteiger partial charge in [0.25, 0.3) is 0 Å². The topological polar surface area (TPSA) is 76.5 Å². The lowest BCUT2D eigenvalue weighted by Gasteiger charge is -2.43. The van der Waals surface area contributed by atoms with E-state index in [-0.39, 0.29) is 11.8 Å². The van der Waals surface area contributed by atoms with Crippen molar-refractivity contribution < 1.29 is 14.3 Å². The number of benzene rings is 1.